The predicted octanol–water partition coefficient (Wildman–Crippen LogP) is 6.13. The lowest BCUT2D eigenvalue weighted by atomic mass is 10.0. The molecule has 0 saturated heterocycles. The lowest BCUT2D eigenvalue weighted by Crippen LogP contribution is -2.53. The first kappa shape index (κ1) is 32.7. The van der Waals surface area contributed by atoms with Crippen molar-refractivity contribution in [1.82, 2.24) is 10.2 Å². The number of rotatable bonds is 12. The number of nitrogens with one attached hydrogen (secondary N) is 1. The Labute approximate surface area is 257 Å². The van der Waals surface area contributed by atoms with Gasteiger partial charge in [0.1, 0.15) is 12.6 Å². The molecule has 0 aliphatic carbocycles. The van der Waals surface area contributed by atoms with Gasteiger partial charge < -0.3 is 10.2 Å². The Morgan fingerprint density at radius 1 is 0.878 bits per heavy atom. The summed E-state index contributed by atoms with van der Waals surface area (Å²) in [6, 6.07) is 18.7. The molecule has 0 bridgehead atoms. The molecule has 1 atom stereocenters. The van der Waals surface area contributed by atoms with Crippen LogP contribution in [0.5, 0.6) is 0 Å². The fourth-order valence-electron chi connectivity index (χ4n) is 4.16. The zero-order valence-electron chi connectivity index (χ0n) is 23.4. The van der Waals surface area contributed by atoms with E-state index in [1.54, 1.807) is 0 Å². The smallest absolute Gasteiger partial charge is 0.244 e. The monoisotopic (exact) mass is 637 g/mol. The zero-order chi connectivity index (χ0) is 30.3. The van der Waals surface area contributed by atoms with Crippen LogP contribution in [-0.4, -0.2) is 50.5 Å². The standard InChI is InChI=1S/C30H34Cl3N3O4S/c1-20(2)17-34-30(38)28(14-22-8-6-5-7-9-22)35(18-23-12-10-21(3)11-13-23)29(37)19-36(41(4,39)40)27-16-25(32)24(31)15-26(27)33/h5-13,15-16,20,28H,14,17-19H2,1-4H3,(H,34,38)/t28-/m0/s1. The average Bonchev–Trinajstić information content (AvgIpc) is 2.91. The summed E-state index contributed by atoms with van der Waals surface area (Å²) in [7, 11) is -4.00. The number of halogens is 3. The van der Waals surface area contributed by atoms with Crippen LogP contribution in [0.15, 0.2) is 66.7 Å². The molecule has 2 amide bonds. The van der Waals surface area contributed by atoms with E-state index in [1.807, 2.05) is 75.4 Å². The molecule has 0 radical (unpaired) electrons. The van der Waals surface area contributed by atoms with Crippen LogP contribution in [0.2, 0.25) is 15.1 Å². The molecule has 3 rings (SSSR count). The largest absolute Gasteiger partial charge is 0.354 e. The van der Waals surface area contributed by atoms with Crippen molar-refractivity contribution >= 4 is 62.3 Å². The molecule has 0 aliphatic heterocycles. The van der Waals surface area contributed by atoms with Crippen molar-refractivity contribution in [2.75, 3.05) is 23.7 Å². The van der Waals surface area contributed by atoms with Crippen molar-refractivity contribution in [1.29, 1.82) is 0 Å². The van der Waals surface area contributed by atoms with E-state index in [0.717, 1.165) is 27.3 Å². The Balaban J connectivity index is 2.08. The van der Waals surface area contributed by atoms with Crippen molar-refractivity contribution < 1.29 is 18.0 Å². The molecule has 0 aromatic heterocycles. The minimum absolute atomic E-state index is 0.0103. The number of carbonyl (C=O) groups excluding carboxylic acids is 2. The number of benzene rings is 3. The maximum atomic E-state index is 14.1. The summed E-state index contributed by atoms with van der Waals surface area (Å²) in [6.07, 6.45) is 1.20. The highest BCUT2D eigenvalue weighted by Gasteiger charge is 2.33. The number of aryl methyl sites for hydroxylation is 1. The molecular weight excluding hydrogens is 605 g/mol. The number of carbonyl (C=O) groups is 2. The van der Waals surface area contributed by atoms with Crippen LogP contribution in [0.3, 0.4) is 0 Å². The number of amides is 2. The van der Waals surface area contributed by atoms with Gasteiger partial charge in [0.25, 0.3) is 0 Å². The Hall–Kier alpha value is -2.78. The van der Waals surface area contributed by atoms with Gasteiger partial charge in [-0.15, -0.1) is 0 Å². The van der Waals surface area contributed by atoms with Crippen molar-refractivity contribution in [3.63, 3.8) is 0 Å². The molecule has 3 aromatic carbocycles. The van der Waals surface area contributed by atoms with E-state index in [2.05, 4.69) is 5.32 Å². The third-order valence-electron chi connectivity index (χ3n) is 6.37. The maximum Gasteiger partial charge on any atom is 0.244 e. The second kappa shape index (κ2) is 14.4. The molecule has 0 aliphatic rings. The van der Waals surface area contributed by atoms with Crippen molar-refractivity contribution in [3.8, 4) is 0 Å². The molecule has 11 heteroatoms. The van der Waals surface area contributed by atoms with Gasteiger partial charge in [-0.2, -0.15) is 0 Å². The highest BCUT2D eigenvalue weighted by atomic mass is 35.5. The number of anilines is 1. The van der Waals surface area contributed by atoms with E-state index in [-0.39, 0.29) is 45.5 Å². The molecule has 0 fully saturated rings. The molecule has 3 aromatic rings. The first-order chi connectivity index (χ1) is 19.3. The second-order valence-electron chi connectivity index (χ2n) is 10.3. The molecule has 41 heavy (non-hydrogen) atoms. The van der Waals surface area contributed by atoms with Crippen molar-refractivity contribution in [3.05, 3.63) is 98.5 Å². The van der Waals surface area contributed by atoms with Crippen LogP contribution in [0.4, 0.5) is 5.69 Å². The molecule has 0 spiro atoms. The summed E-state index contributed by atoms with van der Waals surface area (Å²) < 4.78 is 26.8. The van der Waals surface area contributed by atoms with Gasteiger partial charge in [-0.25, -0.2) is 8.42 Å². The van der Waals surface area contributed by atoms with Crippen LogP contribution < -0.4 is 9.62 Å². The summed E-state index contributed by atoms with van der Waals surface area (Å²) in [5.41, 5.74) is 2.69. The number of sulfonamides is 1. The summed E-state index contributed by atoms with van der Waals surface area (Å²) in [4.78, 5) is 29.2. The van der Waals surface area contributed by atoms with E-state index in [0.29, 0.717) is 6.54 Å². The SMILES string of the molecule is Cc1ccc(CN(C(=O)CN(c2cc(Cl)c(Cl)cc2Cl)S(C)(=O)=O)[C@@H](Cc2ccccc2)C(=O)NCC(C)C)cc1. The van der Waals surface area contributed by atoms with Crippen molar-refractivity contribution in [2.45, 2.75) is 39.8 Å². The summed E-state index contributed by atoms with van der Waals surface area (Å²) in [5.74, 6) is -0.727. The Morgan fingerprint density at radius 2 is 1.49 bits per heavy atom. The van der Waals surface area contributed by atoms with Gasteiger partial charge in [0.2, 0.25) is 21.8 Å². The van der Waals surface area contributed by atoms with Gasteiger partial charge in [-0.05, 0) is 36.1 Å². The van der Waals surface area contributed by atoms with Crippen LogP contribution in [0.25, 0.3) is 0 Å². The Kier molecular flexibility index (Phi) is 11.5. The number of hydrogen-bond donors (Lipinski definition) is 1. The van der Waals surface area contributed by atoms with Crippen LogP contribution in [0, 0.1) is 12.8 Å². The lowest BCUT2D eigenvalue weighted by Gasteiger charge is -2.34. The topological polar surface area (TPSA) is 86.8 Å². The van der Waals surface area contributed by atoms with Crippen molar-refractivity contribution in [2.24, 2.45) is 5.92 Å². The van der Waals surface area contributed by atoms with E-state index in [1.165, 1.54) is 17.0 Å². The first-order valence-electron chi connectivity index (χ1n) is 13.0. The number of nitrogens with zero attached hydrogens (tertiary/aromatic N) is 2. The van der Waals surface area contributed by atoms with E-state index in [9.17, 15) is 18.0 Å². The van der Waals surface area contributed by atoms with Crippen LogP contribution >= 0.6 is 34.8 Å². The molecule has 0 unspecified atom stereocenters. The van der Waals surface area contributed by atoms with E-state index >= 15 is 0 Å². The third-order valence-corrected chi connectivity index (χ3v) is 8.52. The van der Waals surface area contributed by atoms with Crippen LogP contribution in [0.1, 0.15) is 30.5 Å². The molecule has 1 N–H and O–H groups in total. The molecule has 0 saturated carbocycles. The highest BCUT2D eigenvalue weighted by molar-refractivity contribution is 7.92. The number of hydrogen-bond acceptors (Lipinski definition) is 4. The molecule has 0 heterocycles. The molecule has 7 nitrogen and oxygen atoms in total. The summed E-state index contributed by atoms with van der Waals surface area (Å²) >= 11 is 18.6. The third kappa shape index (κ3) is 9.36. The predicted molar refractivity (Wildman–Crippen MR) is 167 cm³/mol. The summed E-state index contributed by atoms with van der Waals surface area (Å²) in [5, 5.41) is 3.19. The average molecular weight is 639 g/mol. The minimum atomic E-state index is -4.00. The lowest BCUT2D eigenvalue weighted by molar-refractivity contribution is -0.140. The Bertz CT molecular complexity index is 1470. The maximum absolute atomic E-state index is 14.1. The zero-order valence-corrected chi connectivity index (χ0v) is 26.5. The van der Waals surface area contributed by atoms with Gasteiger partial charge in [-0.3, -0.25) is 13.9 Å². The molecule has 220 valence electrons. The molecular formula is C30H34Cl3N3O4S. The normalized spacial score (nSPS) is 12.2. The van der Waals surface area contributed by atoms with E-state index < -0.39 is 28.5 Å². The van der Waals surface area contributed by atoms with Gasteiger partial charge >= 0.3 is 0 Å². The van der Waals surface area contributed by atoms with Gasteiger partial charge in [0.15, 0.2) is 0 Å². The fraction of sp³-hybridized carbons (Fsp3) is 0.333. The van der Waals surface area contributed by atoms with Crippen LogP contribution in [-0.2, 0) is 32.6 Å². The fourth-order valence-corrected chi connectivity index (χ4v) is 5.71. The van der Waals surface area contributed by atoms with Gasteiger partial charge in [-0.1, -0.05) is 109 Å². The minimum Gasteiger partial charge on any atom is -0.354 e. The second-order valence-corrected chi connectivity index (χ2v) is 13.5. The quantitative estimate of drug-likeness (QED) is 0.242. The highest BCUT2D eigenvalue weighted by Crippen LogP contribution is 2.35. The van der Waals surface area contributed by atoms with E-state index in [4.69, 9.17) is 34.8 Å². The first-order valence-corrected chi connectivity index (χ1v) is 16.0. The van der Waals surface area contributed by atoms with Gasteiger partial charge in [0, 0.05) is 19.5 Å². The Morgan fingerprint density at radius 3 is 2.07 bits per heavy atom. The summed E-state index contributed by atoms with van der Waals surface area (Å²) in [6.45, 7) is 5.81. The van der Waals surface area contributed by atoms with Gasteiger partial charge in [0.05, 0.1) is 27.0 Å².